The van der Waals surface area contributed by atoms with Crippen LogP contribution in [0.5, 0.6) is 0 Å². The number of nitrogens with one attached hydrogen (secondary N) is 2. The maximum Gasteiger partial charge on any atom is 0.183 e. The Bertz CT molecular complexity index is 406. The molecule has 0 aliphatic rings. The molecule has 4 heteroatoms. The van der Waals surface area contributed by atoms with Gasteiger partial charge in [0, 0.05) is 13.1 Å². The minimum Gasteiger partial charge on any atom is -0.360 e. The number of rotatable bonds is 6. The minimum absolute atomic E-state index is 0.930. The van der Waals surface area contributed by atoms with Crippen LogP contribution in [0.4, 0.5) is 5.13 Å². The van der Waals surface area contributed by atoms with E-state index in [1.54, 1.807) is 11.3 Å². The van der Waals surface area contributed by atoms with Gasteiger partial charge < -0.3 is 10.6 Å². The molecule has 0 aliphatic heterocycles. The zero-order valence-electron chi connectivity index (χ0n) is 9.49. The summed E-state index contributed by atoms with van der Waals surface area (Å²) in [4.78, 5) is 4.51. The van der Waals surface area contributed by atoms with Gasteiger partial charge in [-0.1, -0.05) is 30.4 Å². The molecule has 2 rings (SSSR count). The summed E-state index contributed by atoms with van der Waals surface area (Å²) in [5.41, 5.74) is 1.08. The average molecular weight is 235 g/mol. The largest absolute Gasteiger partial charge is 0.360 e. The van der Waals surface area contributed by atoms with E-state index in [1.165, 1.54) is 11.1 Å². The topological polar surface area (TPSA) is 37.0 Å². The molecule has 0 saturated carbocycles. The molecule has 1 heterocycles. The number of benzene rings is 1. The van der Waals surface area contributed by atoms with Gasteiger partial charge >= 0.3 is 0 Å². The predicted molar refractivity (Wildman–Crippen MR) is 71.3 cm³/mol. The van der Waals surface area contributed by atoms with Crippen molar-refractivity contribution < 1.29 is 0 Å². The van der Waals surface area contributed by atoms with Gasteiger partial charge in [0.15, 0.2) is 5.13 Å². The van der Waals surface area contributed by atoms with Crippen molar-refractivity contribution in [2.24, 2.45) is 0 Å². The van der Waals surface area contributed by atoms with E-state index in [9.17, 15) is 0 Å². The molecule has 1 aromatic heterocycles. The number of nitrogens with zero attached hydrogens (tertiary/aromatic N) is 1. The van der Waals surface area contributed by atoms with Crippen LogP contribution in [0.15, 0.2) is 24.3 Å². The van der Waals surface area contributed by atoms with Gasteiger partial charge in [-0.25, -0.2) is 4.98 Å². The molecule has 0 amide bonds. The van der Waals surface area contributed by atoms with E-state index in [4.69, 9.17) is 0 Å². The first-order chi connectivity index (χ1) is 7.90. The molecule has 0 spiro atoms. The van der Waals surface area contributed by atoms with Gasteiger partial charge in [0.1, 0.15) is 0 Å². The van der Waals surface area contributed by atoms with Gasteiger partial charge in [0.25, 0.3) is 0 Å². The molecule has 0 radical (unpaired) electrons. The highest BCUT2D eigenvalue weighted by Crippen LogP contribution is 2.24. The molecule has 2 aromatic rings. The van der Waals surface area contributed by atoms with Crippen molar-refractivity contribution in [1.29, 1.82) is 0 Å². The molecule has 0 bridgehead atoms. The minimum atomic E-state index is 0.930. The Morgan fingerprint density at radius 1 is 1.19 bits per heavy atom. The smallest absolute Gasteiger partial charge is 0.183 e. The number of fused-ring (bicyclic) bond motifs is 1. The highest BCUT2D eigenvalue weighted by atomic mass is 32.1. The highest BCUT2D eigenvalue weighted by molar-refractivity contribution is 7.22. The van der Waals surface area contributed by atoms with Crippen LogP contribution in [0, 0.1) is 0 Å². The quantitative estimate of drug-likeness (QED) is 0.756. The van der Waals surface area contributed by atoms with Crippen LogP contribution >= 0.6 is 11.3 Å². The second-order valence-electron chi connectivity index (χ2n) is 3.66. The van der Waals surface area contributed by atoms with Crippen molar-refractivity contribution in [3.05, 3.63) is 24.3 Å². The van der Waals surface area contributed by atoms with Gasteiger partial charge in [-0.3, -0.25) is 0 Å². The number of para-hydroxylation sites is 1. The van der Waals surface area contributed by atoms with E-state index in [0.717, 1.165) is 30.3 Å². The number of thiazole rings is 1. The lowest BCUT2D eigenvalue weighted by Gasteiger charge is -2.03. The summed E-state index contributed by atoms with van der Waals surface area (Å²) in [5.74, 6) is 0. The van der Waals surface area contributed by atoms with Gasteiger partial charge in [-0.2, -0.15) is 0 Å². The van der Waals surface area contributed by atoms with Gasteiger partial charge in [-0.15, -0.1) is 0 Å². The second-order valence-corrected chi connectivity index (χ2v) is 4.69. The SMILES string of the molecule is CCCNCCNc1nc2ccccc2s1. The molecule has 86 valence electrons. The van der Waals surface area contributed by atoms with Crippen molar-refractivity contribution in [1.82, 2.24) is 10.3 Å². The summed E-state index contributed by atoms with van der Waals surface area (Å²) in [7, 11) is 0. The van der Waals surface area contributed by atoms with Crippen LogP contribution in [0.2, 0.25) is 0 Å². The molecular weight excluding hydrogens is 218 g/mol. The third kappa shape index (κ3) is 2.93. The fourth-order valence-electron chi connectivity index (χ4n) is 1.51. The molecule has 16 heavy (non-hydrogen) atoms. The van der Waals surface area contributed by atoms with E-state index in [0.29, 0.717) is 0 Å². The van der Waals surface area contributed by atoms with E-state index in [2.05, 4.69) is 28.6 Å². The summed E-state index contributed by atoms with van der Waals surface area (Å²) >= 11 is 1.71. The lowest BCUT2D eigenvalue weighted by molar-refractivity contribution is 0.687. The first-order valence-corrected chi connectivity index (χ1v) is 6.52. The first-order valence-electron chi connectivity index (χ1n) is 5.70. The zero-order chi connectivity index (χ0) is 11.2. The number of hydrogen-bond donors (Lipinski definition) is 2. The third-order valence-corrected chi connectivity index (χ3v) is 3.29. The lowest BCUT2D eigenvalue weighted by Crippen LogP contribution is -2.22. The van der Waals surface area contributed by atoms with Gasteiger partial charge in [-0.05, 0) is 25.1 Å². The van der Waals surface area contributed by atoms with Crippen LogP contribution in [-0.4, -0.2) is 24.6 Å². The Kier molecular flexibility index (Phi) is 4.13. The van der Waals surface area contributed by atoms with E-state index >= 15 is 0 Å². The maximum absolute atomic E-state index is 4.51. The number of aromatic nitrogens is 1. The summed E-state index contributed by atoms with van der Waals surface area (Å²) in [6, 6.07) is 8.22. The van der Waals surface area contributed by atoms with Crippen LogP contribution in [0.3, 0.4) is 0 Å². The molecule has 1 aromatic carbocycles. The molecule has 0 saturated heterocycles. The third-order valence-electron chi connectivity index (χ3n) is 2.30. The first kappa shape index (κ1) is 11.4. The van der Waals surface area contributed by atoms with E-state index in [1.807, 2.05) is 18.2 Å². The Morgan fingerprint density at radius 3 is 2.88 bits per heavy atom. The standard InChI is InChI=1S/C12H17N3S/c1-2-7-13-8-9-14-12-15-10-5-3-4-6-11(10)16-12/h3-6,13H,2,7-9H2,1H3,(H,14,15). The van der Waals surface area contributed by atoms with Crippen molar-refractivity contribution in [3.8, 4) is 0 Å². The van der Waals surface area contributed by atoms with Crippen LogP contribution < -0.4 is 10.6 Å². The average Bonchev–Trinajstić information content (AvgIpc) is 2.71. The van der Waals surface area contributed by atoms with E-state index in [-0.39, 0.29) is 0 Å². The van der Waals surface area contributed by atoms with Crippen molar-refractivity contribution in [2.45, 2.75) is 13.3 Å². The highest BCUT2D eigenvalue weighted by Gasteiger charge is 2.00. The Hall–Kier alpha value is -1.13. The normalized spacial score (nSPS) is 10.8. The summed E-state index contributed by atoms with van der Waals surface area (Å²) in [6.07, 6.45) is 1.18. The fourth-order valence-corrected chi connectivity index (χ4v) is 2.40. The van der Waals surface area contributed by atoms with Gasteiger partial charge in [0.05, 0.1) is 10.2 Å². The molecular formula is C12H17N3S. The van der Waals surface area contributed by atoms with Crippen LogP contribution in [-0.2, 0) is 0 Å². The maximum atomic E-state index is 4.51. The van der Waals surface area contributed by atoms with Gasteiger partial charge in [0.2, 0.25) is 0 Å². The molecule has 0 aliphatic carbocycles. The summed E-state index contributed by atoms with van der Waals surface area (Å²) < 4.78 is 1.24. The van der Waals surface area contributed by atoms with Crippen LogP contribution in [0.25, 0.3) is 10.2 Å². The molecule has 3 nitrogen and oxygen atoms in total. The Morgan fingerprint density at radius 2 is 2.06 bits per heavy atom. The Balaban J connectivity index is 1.85. The number of anilines is 1. The summed E-state index contributed by atoms with van der Waals surface area (Å²) in [5, 5.41) is 7.70. The van der Waals surface area contributed by atoms with E-state index < -0.39 is 0 Å². The lowest BCUT2D eigenvalue weighted by atomic mass is 10.3. The van der Waals surface area contributed by atoms with Crippen molar-refractivity contribution in [3.63, 3.8) is 0 Å². The van der Waals surface area contributed by atoms with Crippen molar-refractivity contribution >= 4 is 26.7 Å². The Labute approximate surface area is 99.9 Å². The zero-order valence-corrected chi connectivity index (χ0v) is 10.3. The second kappa shape index (κ2) is 5.82. The molecule has 0 unspecified atom stereocenters. The molecule has 0 atom stereocenters. The number of hydrogen-bond acceptors (Lipinski definition) is 4. The fraction of sp³-hybridized carbons (Fsp3) is 0.417. The van der Waals surface area contributed by atoms with Crippen LogP contribution in [0.1, 0.15) is 13.3 Å². The molecule has 2 N–H and O–H groups in total. The summed E-state index contributed by atoms with van der Waals surface area (Å²) in [6.45, 7) is 5.18. The monoisotopic (exact) mass is 235 g/mol. The molecule has 0 fully saturated rings. The predicted octanol–water partition coefficient (Wildman–Crippen LogP) is 2.71. The van der Waals surface area contributed by atoms with Crippen molar-refractivity contribution in [2.75, 3.05) is 25.0 Å².